The lowest BCUT2D eigenvalue weighted by Crippen LogP contribution is -2.38. The lowest BCUT2D eigenvalue weighted by atomic mass is 10.1. The zero-order valence-corrected chi connectivity index (χ0v) is 15.2. The molecule has 1 heterocycles. The third-order valence-electron chi connectivity index (χ3n) is 4.14. The molecule has 0 atom stereocenters. The van der Waals surface area contributed by atoms with E-state index < -0.39 is 0 Å². The molecule has 3 rings (SSSR count). The fourth-order valence-electron chi connectivity index (χ4n) is 2.71. The van der Waals surface area contributed by atoms with Crippen molar-refractivity contribution in [3.05, 3.63) is 64.9 Å². The zero-order valence-electron chi connectivity index (χ0n) is 14.5. The SMILES string of the molecule is CN=C(NCCc1ccc(Cl)cc1)NCc1nc2ccccc2n1C. The number of imidazole rings is 1. The van der Waals surface area contributed by atoms with Crippen LogP contribution in [0.15, 0.2) is 53.5 Å². The lowest BCUT2D eigenvalue weighted by molar-refractivity contribution is 0.734. The summed E-state index contributed by atoms with van der Waals surface area (Å²) in [5.74, 6) is 1.74. The zero-order chi connectivity index (χ0) is 17.6. The van der Waals surface area contributed by atoms with Gasteiger partial charge in [-0.2, -0.15) is 0 Å². The van der Waals surface area contributed by atoms with Crippen LogP contribution in [0.5, 0.6) is 0 Å². The Morgan fingerprint density at radius 3 is 2.60 bits per heavy atom. The molecule has 0 amide bonds. The molecule has 0 bridgehead atoms. The minimum absolute atomic E-state index is 0.617. The molecule has 2 N–H and O–H groups in total. The maximum Gasteiger partial charge on any atom is 0.191 e. The summed E-state index contributed by atoms with van der Waals surface area (Å²) in [6.45, 7) is 1.41. The predicted molar refractivity (Wildman–Crippen MR) is 104 cm³/mol. The maximum absolute atomic E-state index is 5.91. The van der Waals surface area contributed by atoms with Crippen molar-refractivity contribution in [1.29, 1.82) is 0 Å². The van der Waals surface area contributed by atoms with E-state index >= 15 is 0 Å². The van der Waals surface area contributed by atoms with Crippen LogP contribution in [-0.2, 0) is 20.0 Å². The first-order valence-corrected chi connectivity index (χ1v) is 8.64. The highest BCUT2D eigenvalue weighted by molar-refractivity contribution is 6.30. The molecule has 2 aromatic carbocycles. The van der Waals surface area contributed by atoms with Gasteiger partial charge in [0, 0.05) is 25.7 Å². The summed E-state index contributed by atoms with van der Waals surface area (Å²) in [4.78, 5) is 8.93. The summed E-state index contributed by atoms with van der Waals surface area (Å²) < 4.78 is 2.10. The first kappa shape index (κ1) is 17.3. The van der Waals surface area contributed by atoms with Crippen molar-refractivity contribution in [2.45, 2.75) is 13.0 Å². The number of aryl methyl sites for hydroxylation is 1. The number of aliphatic imine (C=N–C) groups is 1. The topological polar surface area (TPSA) is 54.2 Å². The molecule has 5 nitrogen and oxygen atoms in total. The summed E-state index contributed by atoms with van der Waals surface area (Å²) in [6, 6.07) is 16.0. The third-order valence-corrected chi connectivity index (χ3v) is 4.39. The first-order chi connectivity index (χ1) is 12.2. The number of nitrogens with one attached hydrogen (secondary N) is 2. The number of hydrogen-bond donors (Lipinski definition) is 2. The van der Waals surface area contributed by atoms with Crippen molar-refractivity contribution in [2.24, 2.45) is 12.0 Å². The summed E-state index contributed by atoms with van der Waals surface area (Å²) in [5, 5.41) is 7.40. The number of rotatable bonds is 5. The smallest absolute Gasteiger partial charge is 0.191 e. The van der Waals surface area contributed by atoms with E-state index in [1.165, 1.54) is 5.56 Å². The van der Waals surface area contributed by atoms with Gasteiger partial charge in [-0.15, -0.1) is 0 Å². The van der Waals surface area contributed by atoms with E-state index in [4.69, 9.17) is 11.6 Å². The van der Waals surface area contributed by atoms with Crippen LogP contribution in [0.3, 0.4) is 0 Å². The number of benzene rings is 2. The molecule has 6 heteroatoms. The predicted octanol–water partition coefficient (Wildman–Crippen LogP) is 3.13. The Morgan fingerprint density at radius 2 is 1.88 bits per heavy atom. The van der Waals surface area contributed by atoms with Crippen LogP contribution in [-0.4, -0.2) is 29.1 Å². The van der Waals surface area contributed by atoms with Gasteiger partial charge in [0.1, 0.15) is 5.82 Å². The number of aromatic nitrogens is 2. The molecule has 0 radical (unpaired) electrons. The molecule has 0 fully saturated rings. The Morgan fingerprint density at radius 1 is 1.12 bits per heavy atom. The molecule has 0 aliphatic heterocycles. The van der Waals surface area contributed by atoms with E-state index in [1.54, 1.807) is 7.05 Å². The number of nitrogens with zero attached hydrogens (tertiary/aromatic N) is 3. The minimum atomic E-state index is 0.617. The van der Waals surface area contributed by atoms with Gasteiger partial charge in [0.2, 0.25) is 0 Å². The van der Waals surface area contributed by atoms with Crippen LogP contribution in [0.1, 0.15) is 11.4 Å². The van der Waals surface area contributed by atoms with Crippen molar-refractivity contribution in [3.63, 3.8) is 0 Å². The van der Waals surface area contributed by atoms with Crippen LogP contribution in [0, 0.1) is 0 Å². The number of guanidine groups is 1. The third kappa shape index (κ3) is 4.31. The molecule has 0 aliphatic carbocycles. The van der Waals surface area contributed by atoms with Gasteiger partial charge in [0.25, 0.3) is 0 Å². The second-order valence-corrected chi connectivity index (χ2v) is 6.24. The fraction of sp³-hybridized carbons (Fsp3) is 0.263. The van der Waals surface area contributed by atoms with Crippen LogP contribution >= 0.6 is 11.6 Å². The molecule has 3 aromatic rings. The Bertz CT molecular complexity index is 867. The van der Waals surface area contributed by atoms with Crippen molar-refractivity contribution in [3.8, 4) is 0 Å². The van der Waals surface area contributed by atoms with Crippen molar-refractivity contribution >= 4 is 28.6 Å². The normalized spacial score (nSPS) is 11.7. The van der Waals surface area contributed by atoms with E-state index in [-0.39, 0.29) is 0 Å². The quantitative estimate of drug-likeness (QED) is 0.546. The average Bonchev–Trinajstić information content (AvgIpc) is 2.96. The van der Waals surface area contributed by atoms with E-state index in [9.17, 15) is 0 Å². The highest BCUT2D eigenvalue weighted by Crippen LogP contribution is 2.13. The molecule has 0 aliphatic rings. The van der Waals surface area contributed by atoms with E-state index in [0.717, 1.165) is 40.8 Å². The Labute approximate surface area is 152 Å². The standard InChI is InChI=1S/C19H22ClN5/c1-21-19(22-12-11-14-7-9-15(20)10-8-14)23-13-18-24-16-5-3-4-6-17(16)25(18)2/h3-10H,11-13H2,1-2H3,(H2,21,22,23). The van der Waals surface area contributed by atoms with Crippen molar-refractivity contribution in [1.82, 2.24) is 20.2 Å². The first-order valence-electron chi connectivity index (χ1n) is 8.26. The molecular formula is C19H22ClN5. The van der Waals surface area contributed by atoms with E-state index in [2.05, 4.69) is 31.2 Å². The van der Waals surface area contributed by atoms with Gasteiger partial charge in [-0.3, -0.25) is 4.99 Å². The van der Waals surface area contributed by atoms with Gasteiger partial charge >= 0.3 is 0 Å². The summed E-state index contributed by atoms with van der Waals surface area (Å²) in [6.07, 6.45) is 0.907. The Hall–Kier alpha value is -2.53. The van der Waals surface area contributed by atoms with Crippen LogP contribution in [0.25, 0.3) is 11.0 Å². The van der Waals surface area contributed by atoms with Crippen molar-refractivity contribution in [2.75, 3.05) is 13.6 Å². The van der Waals surface area contributed by atoms with Crippen LogP contribution in [0.2, 0.25) is 5.02 Å². The van der Waals surface area contributed by atoms with Gasteiger partial charge in [0.15, 0.2) is 5.96 Å². The highest BCUT2D eigenvalue weighted by atomic mass is 35.5. The van der Waals surface area contributed by atoms with Gasteiger partial charge in [-0.05, 0) is 36.2 Å². The Kier molecular flexibility index (Phi) is 5.56. The maximum atomic E-state index is 5.91. The van der Waals surface area contributed by atoms with Crippen LogP contribution in [0.4, 0.5) is 0 Å². The number of fused-ring (bicyclic) bond motifs is 1. The fourth-order valence-corrected chi connectivity index (χ4v) is 2.84. The Balaban J connectivity index is 1.53. The molecular weight excluding hydrogens is 334 g/mol. The average molecular weight is 356 g/mol. The molecule has 1 aromatic heterocycles. The van der Waals surface area contributed by atoms with Crippen LogP contribution < -0.4 is 10.6 Å². The molecule has 0 unspecified atom stereocenters. The van der Waals surface area contributed by atoms with Gasteiger partial charge < -0.3 is 15.2 Å². The number of para-hydroxylation sites is 2. The largest absolute Gasteiger partial charge is 0.356 e. The van der Waals surface area contributed by atoms with E-state index in [0.29, 0.717) is 6.54 Å². The molecule has 0 saturated carbocycles. The molecule has 130 valence electrons. The number of halogens is 1. The summed E-state index contributed by atoms with van der Waals surface area (Å²) in [5.41, 5.74) is 3.38. The van der Waals surface area contributed by atoms with Crippen molar-refractivity contribution < 1.29 is 0 Å². The van der Waals surface area contributed by atoms with Gasteiger partial charge in [-0.1, -0.05) is 35.9 Å². The monoisotopic (exact) mass is 355 g/mol. The van der Waals surface area contributed by atoms with Gasteiger partial charge in [-0.25, -0.2) is 4.98 Å². The lowest BCUT2D eigenvalue weighted by Gasteiger charge is -2.12. The van der Waals surface area contributed by atoms with Gasteiger partial charge in [0.05, 0.1) is 17.6 Å². The minimum Gasteiger partial charge on any atom is -0.356 e. The molecule has 25 heavy (non-hydrogen) atoms. The summed E-state index contributed by atoms with van der Waals surface area (Å²) >= 11 is 5.91. The molecule has 0 saturated heterocycles. The molecule has 0 spiro atoms. The van der Waals surface area contributed by atoms with E-state index in [1.807, 2.05) is 49.5 Å². The second kappa shape index (κ2) is 8.03. The summed E-state index contributed by atoms with van der Waals surface area (Å²) in [7, 11) is 3.80. The highest BCUT2D eigenvalue weighted by Gasteiger charge is 2.07. The number of hydrogen-bond acceptors (Lipinski definition) is 2. The second-order valence-electron chi connectivity index (χ2n) is 5.80.